The lowest BCUT2D eigenvalue weighted by Gasteiger charge is -2.32. The smallest absolute Gasteiger partial charge is 0.197 e. The Bertz CT molecular complexity index is 2760. The molecule has 0 spiro atoms. The predicted octanol–water partition coefficient (Wildman–Crippen LogP) is 13.6. The molecule has 0 aliphatic carbocycles. The Hall–Kier alpha value is -4.96. The van der Waals surface area contributed by atoms with Gasteiger partial charge in [-0.25, -0.2) is 0 Å². The monoisotopic (exact) mass is 772 g/mol. The molecular weight excluding hydrogens is 709 g/mol. The van der Waals surface area contributed by atoms with Gasteiger partial charge in [0.05, 0.1) is 33.4 Å². The van der Waals surface area contributed by atoms with Crippen LogP contribution in [0.3, 0.4) is 0 Å². The SMILES string of the molecule is Cc1cc(C)c(-n2c3cc(C(C)(C)C)c(C(C)(C)C)cc3c(=O)c3cc4c(cc32)c(=O)c2cc(C(C)(C)C)c(C(C)(C)C)cc2n4-c2c(C)cc(C)cc2C)c(C)c1. The number of benzene rings is 5. The summed E-state index contributed by atoms with van der Waals surface area (Å²) < 4.78 is 4.58. The molecule has 7 aromatic rings. The Morgan fingerprint density at radius 3 is 0.810 bits per heavy atom. The quantitative estimate of drug-likeness (QED) is 0.164. The Morgan fingerprint density at radius 1 is 0.328 bits per heavy atom. The second-order valence-corrected chi connectivity index (χ2v) is 21.5. The second kappa shape index (κ2) is 13.3. The highest BCUT2D eigenvalue weighted by Gasteiger charge is 2.31. The van der Waals surface area contributed by atoms with E-state index in [1.807, 2.05) is 12.1 Å². The summed E-state index contributed by atoms with van der Waals surface area (Å²) in [5, 5.41) is 2.57. The van der Waals surface area contributed by atoms with E-state index in [0.29, 0.717) is 21.5 Å². The average Bonchev–Trinajstić information content (AvgIpc) is 3.07. The molecule has 0 fully saturated rings. The van der Waals surface area contributed by atoms with Gasteiger partial charge in [-0.15, -0.1) is 0 Å². The lowest BCUT2D eigenvalue weighted by molar-refractivity contribution is 0.531. The minimum absolute atomic E-state index is 0.0218. The van der Waals surface area contributed by atoms with Crippen molar-refractivity contribution in [2.75, 3.05) is 0 Å². The van der Waals surface area contributed by atoms with Crippen LogP contribution < -0.4 is 10.9 Å². The van der Waals surface area contributed by atoms with Crippen LogP contribution in [-0.4, -0.2) is 9.13 Å². The highest BCUT2D eigenvalue weighted by atomic mass is 16.1. The zero-order valence-electron chi connectivity index (χ0n) is 38.5. The number of hydrogen-bond acceptors (Lipinski definition) is 2. The summed E-state index contributed by atoms with van der Waals surface area (Å²) in [6.45, 7) is 39.8. The zero-order chi connectivity index (χ0) is 42.9. The molecule has 0 aliphatic heterocycles. The molecule has 0 aliphatic rings. The molecule has 58 heavy (non-hydrogen) atoms. The van der Waals surface area contributed by atoms with Crippen molar-refractivity contribution in [3.05, 3.63) is 137 Å². The van der Waals surface area contributed by atoms with Crippen molar-refractivity contribution < 1.29 is 0 Å². The fourth-order valence-corrected chi connectivity index (χ4v) is 9.78. The van der Waals surface area contributed by atoms with Gasteiger partial charge in [-0.2, -0.15) is 0 Å². The van der Waals surface area contributed by atoms with Gasteiger partial charge in [-0.1, -0.05) is 118 Å². The Balaban J connectivity index is 1.84. The largest absolute Gasteiger partial charge is 0.308 e. The normalized spacial score (nSPS) is 13.1. The summed E-state index contributed by atoms with van der Waals surface area (Å²) in [4.78, 5) is 30.8. The molecule has 0 amide bonds. The molecule has 0 radical (unpaired) electrons. The molecular formula is C54H64N2O2. The molecule has 2 aromatic heterocycles. The topological polar surface area (TPSA) is 44.0 Å². The van der Waals surface area contributed by atoms with Crippen LogP contribution in [0.2, 0.25) is 0 Å². The molecule has 0 N–H and O–H groups in total. The predicted molar refractivity (Wildman–Crippen MR) is 251 cm³/mol. The average molecular weight is 773 g/mol. The fraction of sp³-hybridized carbons (Fsp3) is 0.407. The Kier molecular flexibility index (Phi) is 9.43. The van der Waals surface area contributed by atoms with Crippen LogP contribution in [-0.2, 0) is 21.7 Å². The second-order valence-electron chi connectivity index (χ2n) is 21.5. The number of hydrogen-bond donors (Lipinski definition) is 0. The van der Waals surface area contributed by atoms with Crippen LogP contribution in [0, 0.1) is 41.5 Å². The first-order chi connectivity index (χ1) is 26.6. The van der Waals surface area contributed by atoms with Crippen molar-refractivity contribution in [3.8, 4) is 11.4 Å². The molecule has 0 bridgehead atoms. The molecule has 0 saturated heterocycles. The van der Waals surface area contributed by atoms with Crippen molar-refractivity contribution in [1.82, 2.24) is 9.13 Å². The number of rotatable bonds is 2. The summed E-state index contributed by atoms with van der Waals surface area (Å²) in [5.41, 5.74) is 16.1. The van der Waals surface area contributed by atoms with Gasteiger partial charge in [-0.05, 0) is 144 Å². The van der Waals surface area contributed by atoms with E-state index < -0.39 is 0 Å². The maximum absolute atomic E-state index is 15.4. The highest BCUT2D eigenvalue weighted by Crippen LogP contribution is 2.41. The summed E-state index contributed by atoms with van der Waals surface area (Å²) >= 11 is 0. The molecule has 5 aromatic carbocycles. The van der Waals surface area contributed by atoms with Gasteiger partial charge < -0.3 is 9.13 Å². The van der Waals surface area contributed by atoms with Crippen LogP contribution in [0.25, 0.3) is 55.0 Å². The first-order valence-electron chi connectivity index (χ1n) is 21.0. The van der Waals surface area contributed by atoms with Gasteiger partial charge in [0.15, 0.2) is 10.9 Å². The zero-order valence-corrected chi connectivity index (χ0v) is 38.5. The number of nitrogens with zero attached hydrogens (tertiary/aromatic N) is 2. The van der Waals surface area contributed by atoms with Gasteiger partial charge in [0.1, 0.15) is 0 Å². The first kappa shape index (κ1) is 41.2. The van der Waals surface area contributed by atoms with Gasteiger partial charge in [0.25, 0.3) is 0 Å². The van der Waals surface area contributed by atoms with Gasteiger partial charge in [0.2, 0.25) is 0 Å². The molecule has 4 heteroatoms. The van der Waals surface area contributed by atoms with Gasteiger partial charge in [-0.3, -0.25) is 9.59 Å². The van der Waals surface area contributed by atoms with E-state index >= 15 is 9.59 Å². The Labute approximate surface area is 345 Å². The van der Waals surface area contributed by atoms with E-state index in [-0.39, 0.29) is 32.5 Å². The minimum Gasteiger partial charge on any atom is -0.308 e. The molecule has 302 valence electrons. The first-order valence-corrected chi connectivity index (χ1v) is 21.0. The van der Waals surface area contributed by atoms with Crippen LogP contribution >= 0.6 is 0 Å². The van der Waals surface area contributed by atoms with E-state index in [4.69, 9.17) is 0 Å². The number of pyridine rings is 2. The molecule has 0 atom stereocenters. The number of fused-ring (bicyclic) bond motifs is 4. The lowest BCUT2D eigenvalue weighted by atomic mass is 9.74. The summed E-state index contributed by atoms with van der Waals surface area (Å²) in [5.74, 6) is 0. The lowest BCUT2D eigenvalue weighted by Crippen LogP contribution is -2.24. The number of aromatic nitrogens is 2. The summed E-state index contributed by atoms with van der Waals surface area (Å²) in [6, 6.07) is 21.8. The van der Waals surface area contributed by atoms with Crippen molar-refractivity contribution in [2.24, 2.45) is 0 Å². The van der Waals surface area contributed by atoms with E-state index in [1.54, 1.807) is 0 Å². The fourth-order valence-electron chi connectivity index (χ4n) is 9.78. The third-order valence-corrected chi connectivity index (χ3v) is 12.3. The van der Waals surface area contributed by atoms with E-state index in [1.165, 1.54) is 33.4 Å². The van der Waals surface area contributed by atoms with Crippen LogP contribution in [0.1, 0.15) is 139 Å². The minimum atomic E-state index is -0.196. The molecule has 7 rings (SSSR count). The van der Waals surface area contributed by atoms with Crippen molar-refractivity contribution >= 4 is 43.6 Å². The Morgan fingerprint density at radius 2 is 0.552 bits per heavy atom. The highest BCUT2D eigenvalue weighted by molar-refractivity contribution is 6.06. The van der Waals surface area contributed by atoms with E-state index in [9.17, 15) is 0 Å². The van der Waals surface area contributed by atoms with Crippen LogP contribution in [0.15, 0.2) is 70.3 Å². The van der Waals surface area contributed by atoms with Crippen molar-refractivity contribution in [2.45, 2.75) is 146 Å². The summed E-state index contributed by atoms with van der Waals surface area (Å²) in [7, 11) is 0. The maximum Gasteiger partial charge on any atom is 0.197 e. The standard InChI is InChI=1S/C54H64N2O2/c1-29-19-31(3)47(32(4)20-29)55-43-25-38-44(26-37(43)49(57)35-23-39(51(7,8)9)41(27-45(35)55)53(13,14)15)56(48-33(5)21-30(2)22-34(48)6)46-28-42(54(16,17)18)40(52(10,11)12)24-36(46)50(38)58/h19-28H,1-18H3. The van der Waals surface area contributed by atoms with Crippen molar-refractivity contribution in [3.63, 3.8) is 0 Å². The van der Waals surface area contributed by atoms with Gasteiger partial charge in [0, 0.05) is 21.5 Å². The molecule has 0 saturated carbocycles. The molecule has 4 nitrogen and oxygen atoms in total. The van der Waals surface area contributed by atoms with Crippen LogP contribution in [0.5, 0.6) is 0 Å². The summed E-state index contributed by atoms with van der Waals surface area (Å²) in [6.07, 6.45) is 0. The van der Waals surface area contributed by atoms with Gasteiger partial charge >= 0.3 is 0 Å². The third kappa shape index (κ3) is 6.61. The molecule has 0 unspecified atom stereocenters. The third-order valence-electron chi connectivity index (χ3n) is 12.3. The van der Waals surface area contributed by atoms with E-state index in [0.717, 1.165) is 55.7 Å². The number of aryl methyl sites for hydroxylation is 6. The van der Waals surface area contributed by atoms with Crippen LogP contribution in [0.4, 0.5) is 0 Å². The maximum atomic E-state index is 15.4. The molecule has 2 heterocycles. The van der Waals surface area contributed by atoms with E-state index in [2.05, 4.69) is 182 Å². The van der Waals surface area contributed by atoms with Crippen molar-refractivity contribution in [1.29, 1.82) is 0 Å².